The highest BCUT2D eigenvalue weighted by Crippen LogP contribution is 2.27. The minimum atomic E-state index is -2.21. The van der Waals surface area contributed by atoms with E-state index in [2.05, 4.69) is 5.32 Å². The molecule has 0 fully saturated rings. The van der Waals surface area contributed by atoms with Crippen molar-refractivity contribution >= 4 is 16.5 Å². The molecule has 0 aromatic heterocycles. The van der Waals surface area contributed by atoms with Crippen LogP contribution in [0.25, 0.3) is 0 Å². The van der Waals surface area contributed by atoms with Gasteiger partial charge in [-0.25, -0.2) is 22.0 Å². The molecular formula is C10H10F5NOS. The number of halogens is 5. The lowest BCUT2D eigenvalue weighted by Gasteiger charge is -2.13. The second-order valence-corrected chi connectivity index (χ2v) is 5.44. The maximum atomic E-state index is 13.2. The highest BCUT2D eigenvalue weighted by Gasteiger charge is 2.25. The third-order valence-corrected chi connectivity index (χ3v) is 3.64. The Hall–Kier alpha value is -1.18. The van der Waals surface area contributed by atoms with Gasteiger partial charge >= 0.3 is 0 Å². The molecule has 1 aromatic rings. The fraction of sp³-hybridized carbons (Fsp3) is 0.400. The number of rotatable bonds is 4. The molecule has 0 bridgehead atoms. The Kier molecular flexibility index (Phi) is 4.66. The first-order valence-electron chi connectivity index (χ1n) is 4.84. The van der Waals surface area contributed by atoms with E-state index in [1.807, 2.05) is 0 Å². The summed E-state index contributed by atoms with van der Waals surface area (Å²) in [6.07, 6.45) is 1.37. The Morgan fingerprint density at radius 1 is 1.00 bits per heavy atom. The monoisotopic (exact) mass is 287 g/mol. The summed E-state index contributed by atoms with van der Waals surface area (Å²) < 4.78 is 75.8. The van der Waals surface area contributed by atoms with Gasteiger partial charge in [0.2, 0.25) is 5.82 Å². The topological polar surface area (TPSA) is 29.1 Å². The van der Waals surface area contributed by atoms with E-state index in [-0.39, 0.29) is 6.54 Å². The molecule has 0 aliphatic heterocycles. The van der Waals surface area contributed by atoms with Gasteiger partial charge in [-0.3, -0.25) is 4.21 Å². The Balaban J connectivity index is 3.07. The van der Waals surface area contributed by atoms with Gasteiger partial charge in [0.25, 0.3) is 0 Å². The maximum Gasteiger partial charge on any atom is 0.200 e. The van der Waals surface area contributed by atoms with Crippen molar-refractivity contribution in [1.29, 1.82) is 0 Å². The van der Waals surface area contributed by atoms with Crippen LogP contribution >= 0.6 is 0 Å². The normalized spacial score (nSPS) is 14.4. The van der Waals surface area contributed by atoms with E-state index in [0.29, 0.717) is 0 Å². The van der Waals surface area contributed by atoms with Crippen LogP contribution in [0.5, 0.6) is 0 Å². The quantitative estimate of drug-likeness (QED) is 0.524. The number of anilines is 1. The molecule has 0 saturated carbocycles. The molecule has 8 heteroatoms. The molecule has 0 spiro atoms. The van der Waals surface area contributed by atoms with Gasteiger partial charge in [-0.2, -0.15) is 0 Å². The van der Waals surface area contributed by atoms with E-state index in [1.165, 1.54) is 13.2 Å². The molecule has 0 radical (unpaired) electrons. The van der Waals surface area contributed by atoms with E-state index < -0.39 is 50.8 Å². The zero-order chi connectivity index (χ0) is 14.0. The highest BCUT2D eigenvalue weighted by atomic mass is 32.2. The molecule has 2 nitrogen and oxygen atoms in total. The third-order valence-electron chi connectivity index (χ3n) is 2.34. The number of nitrogens with one attached hydrogen (secondary N) is 1. The second-order valence-electron chi connectivity index (χ2n) is 3.64. The van der Waals surface area contributed by atoms with Crippen molar-refractivity contribution in [2.24, 2.45) is 0 Å². The summed E-state index contributed by atoms with van der Waals surface area (Å²) in [6, 6.07) is 0. The van der Waals surface area contributed by atoms with Crippen molar-refractivity contribution in [3.05, 3.63) is 29.1 Å². The lowest BCUT2D eigenvalue weighted by atomic mass is 10.2. The molecule has 0 aliphatic rings. The largest absolute Gasteiger partial charge is 0.379 e. The smallest absolute Gasteiger partial charge is 0.200 e. The van der Waals surface area contributed by atoms with Gasteiger partial charge in [-0.1, -0.05) is 0 Å². The van der Waals surface area contributed by atoms with E-state index in [4.69, 9.17) is 0 Å². The van der Waals surface area contributed by atoms with E-state index in [0.717, 1.165) is 0 Å². The van der Waals surface area contributed by atoms with E-state index >= 15 is 0 Å². The fourth-order valence-electron chi connectivity index (χ4n) is 1.12. The Labute approximate surface area is 103 Å². The molecule has 0 heterocycles. The van der Waals surface area contributed by atoms with Crippen molar-refractivity contribution in [3.8, 4) is 0 Å². The standard InChI is InChI=1S/C10H10F5NOS/c1-4(18(2)17)3-16-10-8(14)6(12)5(11)7(13)9(10)15/h4,16H,3H2,1-2H3. The van der Waals surface area contributed by atoms with Gasteiger partial charge < -0.3 is 5.32 Å². The minimum Gasteiger partial charge on any atom is -0.379 e. The summed E-state index contributed by atoms with van der Waals surface area (Å²) in [5, 5.41) is 1.58. The highest BCUT2D eigenvalue weighted by molar-refractivity contribution is 7.84. The summed E-state index contributed by atoms with van der Waals surface area (Å²) in [5.74, 6) is -10.1. The predicted molar refractivity (Wildman–Crippen MR) is 58.3 cm³/mol. The van der Waals surface area contributed by atoms with Gasteiger partial charge in [0.1, 0.15) is 5.69 Å². The lowest BCUT2D eigenvalue weighted by Crippen LogP contribution is -2.22. The van der Waals surface area contributed by atoms with Crippen LogP contribution in [0.2, 0.25) is 0 Å². The third kappa shape index (κ3) is 2.80. The molecule has 0 amide bonds. The van der Waals surface area contributed by atoms with Crippen LogP contribution in [-0.2, 0) is 10.8 Å². The first-order valence-corrected chi connectivity index (χ1v) is 6.47. The average molecular weight is 287 g/mol. The number of hydrogen-bond acceptors (Lipinski definition) is 2. The summed E-state index contributed by atoms with van der Waals surface area (Å²) in [7, 11) is -1.28. The van der Waals surface area contributed by atoms with Crippen molar-refractivity contribution in [3.63, 3.8) is 0 Å². The second kappa shape index (κ2) is 5.64. The van der Waals surface area contributed by atoms with Crippen LogP contribution in [-0.4, -0.2) is 22.3 Å². The Morgan fingerprint density at radius 2 is 1.39 bits per heavy atom. The van der Waals surface area contributed by atoms with Crippen LogP contribution in [0.4, 0.5) is 27.6 Å². The molecule has 18 heavy (non-hydrogen) atoms. The number of hydrogen-bond donors (Lipinski definition) is 1. The summed E-state index contributed by atoms with van der Waals surface area (Å²) in [5.41, 5.74) is -1.11. The maximum absolute atomic E-state index is 13.2. The van der Waals surface area contributed by atoms with E-state index in [1.54, 1.807) is 0 Å². The molecule has 0 aliphatic carbocycles. The van der Waals surface area contributed by atoms with Crippen molar-refractivity contribution < 1.29 is 26.2 Å². The van der Waals surface area contributed by atoms with Gasteiger partial charge in [-0.15, -0.1) is 0 Å². The first-order chi connectivity index (χ1) is 8.27. The van der Waals surface area contributed by atoms with Crippen molar-refractivity contribution in [2.45, 2.75) is 12.2 Å². The van der Waals surface area contributed by atoms with Crippen LogP contribution in [0, 0.1) is 29.1 Å². The minimum absolute atomic E-state index is 0.179. The van der Waals surface area contributed by atoms with Gasteiger partial charge in [0, 0.05) is 28.9 Å². The van der Waals surface area contributed by atoms with Crippen LogP contribution in [0.15, 0.2) is 0 Å². The molecular weight excluding hydrogens is 277 g/mol. The summed E-state index contributed by atoms with van der Waals surface area (Å²) >= 11 is 0. The predicted octanol–water partition coefficient (Wildman–Crippen LogP) is 2.56. The van der Waals surface area contributed by atoms with Crippen LogP contribution in [0.3, 0.4) is 0 Å². The van der Waals surface area contributed by atoms with Gasteiger partial charge in [-0.05, 0) is 6.92 Å². The van der Waals surface area contributed by atoms with E-state index in [9.17, 15) is 26.2 Å². The Morgan fingerprint density at radius 3 is 1.78 bits per heavy atom. The molecule has 2 unspecified atom stereocenters. The Bertz CT molecular complexity index is 465. The lowest BCUT2D eigenvalue weighted by molar-refractivity contribution is 0.381. The zero-order valence-corrected chi connectivity index (χ0v) is 10.3. The molecule has 1 aromatic carbocycles. The molecule has 1 N–H and O–H groups in total. The molecule has 0 saturated heterocycles. The fourth-order valence-corrected chi connectivity index (χ4v) is 1.44. The average Bonchev–Trinajstić information content (AvgIpc) is 2.33. The zero-order valence-electron chi connectivity index (χ0n) is 9.49. The summed E-state index contributed by atoms with van der Waals surface area (Å²) in [4.78, 5) is 0. The van der Waals surface area contributed by atoms with Gasteiger partial charge in [0.15, 0.2) is 23.3 Å². The summed E-state index contributed by atoms with van der Waals surface area (Å²) in [6.45, 7) is 1.33. The SMILES string of the molecule is CC(CNc1c(F)c(F)c(F)c(F)c1F)S(C)=O. The van der Waals surface area contributed by atoms with Crippen LogP contribution in [0.1, 0.15) is 6.92 Å². The van der Waals surface area contributed by atoms with Crippen molar-refractivity contribution in [1.82, 2.24) is 0 Å². The molecule has 1 rings (SSSR count). The molecule has 102 valence electrons. The van der Waals surface area contributed by atoms with Gasteiger partial charge in [0.05, 0.1) is 0 Å². The first kappa shape index (κ1) is 14.9. The number of benzene rings is 1. The van der Waals surface area contributed by atoms with Crippen LogP contribution < -0.4 is 5.32 Å². The molecule has 2 atom stereocenters. The van der Waals surface area contributed by atoms with Crippen molar-refractivity contribution in [2.75, 3.05) is 18.1 Å².